The lowest BCUT2D eigenvalue weighted by molar-refractivity contribution is -0.145. The molecule has 2 fully saturated rings. The van der Waals surface area contributed by atoms with Crippen LogP contribution < -0.4 is 10.2 Å². The lowest BCUT2D eigenvalue weighted by Gasteiger charge is -2.32. The molecule has 6 nitrogen and oxygen atoms in total. The minimum absolute atomic E-state index is 0.0437. The second-order valence-electron chi connectivity index (χ2n) is 10.1. The highest BCUT2D eigenvalue weighted by Gasteiger charge is 2.60. The molecule has 0 N–H and O–H groups in total. The number of ether oxygens (including phenoxy) is 2. The van der Waals surface area contributed by atoms with E-state index < -0.39 is 18.3 Å². The van der Waals surface area contributed by atoms with Crippen LogP contribution in [0.25, 0.3) is 0 Å². The zero-order chi connectivity index (χ0) is 23.5. The first-order chi connectivity index (χ1) is 15.6. The van der Waals surface area contributed by atoms with Gasteiger partial charge in [-0.25, -0.2) is 9.37 Å². The Morgan fingerprint density at radius 3 is 2.64 bits per heavy atom. The molecule has 3 atom stereocenters. The van der Waals surface area contributed by atoms with Crippen LogP contribution in [0.3, 0.4) is 0 Å². The summed E-state index contributed by atoms with van der Waals surface area (Å²) in [6.07, 6.45) is 2.60. The Kier molecular flexibility index (Phi) is 5.29. The molecule has 1 saturated heterocycles. The van der Waals surface area contributed by atoms with Crippen molar-refractivity contribution in [2.24, 2.45) is 11.8 Å². The predicted molar refractivity (Wildman–Crippen MR) is 121 cm³/mol. The van der Waals surface area contributed by atoms with Crippen LogP contribution in [0.5, 0.6) is 5.88 Å². The monoisotopic (exact) mass is 453 g/mol. The van der Waals surface area contributed by atoms with Crippen LogP contribution in [0, 0.1) is 17.7 Å². The summed E-state index contributed by atoms with van der Waals surface area (Å²) in [5, 5.41) is 0. The molecule has 0 radical (unpaired) electrons. The smallest absolute Gasteiger partial charge is 0.473 e. The number of rotatable bonds is 6. The van der Waals surface area contributed by atoms with E-state index in [1.54, 1.807) is 18.3 Å². The molecule has 174 valence electrons. The molecule has 1 aromatic carbocycles. The normalized spacial score (nSPS) is 26.0. The zero-order valence-corrected chi connectivity index (χ0v) is 19.7. The van der Waals surface area contributed by atoms with Gasteiger partial charge in [-0.05, 0) is 69.6 Å². The Labute approximate surface area is 193 Å². The number of hydrogen-bond donors (Lipinski definition) is 0. The minimum atomic E-state index is -0.563. The zero-order valence-electron chi connectivity index (χ0n) is 19.7. The number of pyridine rings is 1. The average Bonchev–Trinajstić information content (AvgIpc) is 3.25. The van der Waals surface area contributed by atoms with E-state index in [4.69, 9.17) is 18.8 Å². The number of hydrogen-bond acceptors (Lipinski definition) is 6. The molecule has 8 heteroatoms. The highest BCUT2D eigenvalue weighted by Crippen LogP contribution is 2.61. The molecule has 1 aliphatic heterocycles. The van der Waals surface area contributed by atoms with E-state index in [0.29, 0.717) is 24.0 Å². The SMILES string of the molecule is CCOC(=O)[C@H]1[C@@H]2Cc3cc(OCc4cc(B5OC(C)(C)C(C)(C)O5)ccc4F)ncc3[C@@H]21. The van der Waals surface area contributed by atoms with E-state index in [2.05, 4.69) is 4.98 Å². The predicted octanol–water partition coefficient (Wildman–Crippen LogP) is 3.55. The first kappa shape index (κ1) is 22.4. The molecular weight excluding hydrogens is 424 g/mol. The van der Waals surface area contributed by atoms with Gasteiger partial charge >= 0.3 is 13.1 Å². The van der Waals surface area contributed by atoms with Gasteiger partial charge in [0, 0.05) is 23.7 Å². The Hall–Kier alpha value is -2.45. The topological polar surface area (TPSA) is 66.9 Å². The Morgan fingerprint density at radius 2 is 1.94 bits per heavy atom. The van der Waals surface area contributed by atoms with Crippen molar-refractivity contribution in [1.29, 1.82) is 0 Å². The van der Waals surface area contributed by atoms with Gasteiger partial charge in [0.1, 0.15) is 12.4 Å². The van der Waals surface area contributed by atoms with Crippen LogP contribution in [0.2, 0.25) is 0 Å². The van der Waals surface area contributed by atoms with Gasteiger partial charge in [0.25, 0.3) is 0 Å². The Bertz CT molecular complexity index is 1090. The molecular formula is C25H29BFNO5. The molecule has 0 amide bonds. The number of nitrogens with zero attached hydrogens (tertiary/aromatic N) is 1. The van der Waals surface area contributed by atoms with Crippen molar-refractivity contribution in [3.63, 3.8) is 0 Å². The van der Waals surface area contributed by atoms with Crippen molar-refractivity contribution < 1.29 is 28.0 Å². The maximum Gasteiger partial charge on any atom is 0.494 e. The van der Waals surface area contributed by atoms with E-state index in [9.17, 15) is 9.18 Å². The van der Waals surface area contributed by atoms with Gasteiger partial charge in [-0.1, -0.05) is 12.1 Å². The van der Waals surface area contributed by atoms with Crippen molar-refractivity contribution in [3.05, 3.63) is 53.0 Å². The van der Waals surface area contributed by atoms with Gasteiger partial charge in [-0.2, -0.15) is 0 Å². The van der Waals surface area contributed by atoms with E-state index in [1.807, 2.05) is 40.7 Å². The van der Waals surface area contributed by atoms with Crippen LogP contribution in [0.4, 0.5) is 4.39 Å². The second-order valence-corrected chi connectivity index (χ2v) is 10.1. The molecule has 2 aliphatic carbocycles. The molecule has 0 spiro atoms. The van der Waals surface area contributed by atoms with E-state index in [1.165, 1.54) is 6.07 Å². The first-order valence-corrected chi connectivity index (χ1v) is 11.5. The van der Waals surface area contributed by atoms with Crippen LogP contribution >= 0.6 is 0 Å². The lowest BCUT2D eigenvalue weighted by atomic mass is 9.78. The molecule has 0 unspecified atom stereocenters. The fourth-order valence-electron chi connectivity index (χ4n) is 4.89. The summed E-state index contributed by atoms with van der Waals surface area (Å²) >= 11 is 0. The molecule has 5 rings (SSSR count). The van der Waals surface area contributed by atoms with Crippen LogP contribution in [0.15, 0.2) is 30.5 Å². The third-order valence-corrected chi connectivity index (χ3v) is 7.51. The van der Waals surface area contributed by atoms with Crippen molar-refractivity contribution in [2.75, 3.05) is 6.61 Å². The molecule has 3 aliphatic rings. The fraction of sp³-hybridized carbons (Fsp3) is 0.520. The number of aromatic nitrogens is 1. The van der Waals surface area contributed by atoms with Crippen molar-refractivity contribution in [2.45, 2.75) is 64.8 Å². The lowest BCUT2D eigenvalue weighted by Crippen LogP contribution is -2.41. The number of carbonyl (C=O) groups excluding carboxylic acids is 1. The molecule has 2 heterocycles. The molecule has 2 aromatic rings. The van der Waals surface area contributed by atoms with E-state index in [-0.39, 0.29) is 30.2 Å². The minimum Gasteiger partial charge on any atom is -0.473 e. The van der Waals surface area contributed by atoms with Crippen LogP contribution in [0.1, 0.15) is 57.2 Å². The van der Waals surface area contributed by atoms with Crippen molar-refractivity contribution in [3.8, 4) is 5.88 Å². The summed E-state index contributed by atoms with van der Waals surface area (Å²) in [5.41, 5.74) is 2.46. The molecule has 0 bridgehead atoms. The van der Waals surface area contributed by atoms with Gasteiger partial charge in [0.2, 0.25) is 5.88 Å². The van der Waals surface area contributed by atoms with Crippen molar-refractivity contribution in [1.82, 2.24) is 4.98 Å². The molecule has 1 saturated carbocycles. The van der Waals surface area contributed by atoms with Crippen LogP contribution in [-0.2, 0) is 31.9 Å². The van der Waals surface area contributed by atoms with Gasteiger partial charge < -0.3 is 18.8 Å². The van der Waals surface area contributed by atoms with Crippen molar-refractivity contribution >= 4 is 18.6 Å². The summed E-state index contributed by atoms with van der Waals surface area (Å²) in [6, 6.07) is 6.72. The molecule has 1 aromatic heterocycles. The number of carbonyl (C=O) groups is 1. The van der Waals surface area contributed by atoms with Crippen LogP contribution in [-0.4, -0.2) is 35.9 Å². The van der Waals surface area contributed by atoms with Gasteiger partial charge in [-0.15, -0.1) is 0 Å². The second kappa shape index (κ2) is 7.81. The largest absolute Gasteiger partial charge is 0.494 e. The van der Waals surface area contributed by atoms with E-state index in [0.717, 1.165) is 23.0 Å². The maximum absolute atomic E-state index is 14.5. The standard InChI is InChI=1S/C25H29BFNO5/c1-6-30-23(29)22-17-10-14-11-20(28-12-18(14)21(17)22)31-13-15-9-16(7-8-19(15)27)26-32-24(2,3)25(4,5)33-26/h7-9,11-12,17,21-22H,6,10,13H2,1-5H3/t17-,21-,22+/m1/s1. The summed E-state index contributed by atoms with van der Waals surface area (Å²) in [7, 11) is -0.563. The number of fused-ring (bicyclic) bond motifs is 3. The fourth-order valence-corrected chi connectivity index (χ4v) is 4.89. The van der Waals surface area contributed by atoms with E-state index >= 15 is 0 Å². The highest BCUT2D eigenvalue weighted by atomic mass is 19.1. The third-order valence-electron chi connectivity index (χ3n) is 7.51. The van der Waals surface area contributed by atoms with Gasteiger partial charge in [0.05, 0.1) is 23.7 Å². The van der Waals surface area contributed by atoms with Gasteiger partial charge in [-0.3, -0.25) is 4.79 Å². The maximum atomic E-state index is 14.5. The highest BCUT2D eigenvalue weighted by molar-refractivity contribution is 6.62. The number of esters is 1. The molecule has 33 heavy (non-hydrogen) atoms. The number of benzene rings is 1. The third kappa shape index (κ3) is 3.83. The average molecular weight is 453 g/mol. The summed E-state index contributed by atoms with van der Waals surface area (Å²) in [4.78, 5) is 16.5. The Morgan fingerprint density at radius 1 is 1.21 bits per heavy atom. The summed E-state index contributed by atoms with van der Waals surface area (Å²) in [5.74, 6) is 0.437. The number of halogens is 1. The summed E-state index contributed by atoms with van der Waals surface area (Å²) in [6.45, 7) is 10.2. The quantitative estimate of drug-likeness (QED) is 0.493. The summed E-state index contributed by atoms with van der Waals surface area (Å²) < 4.78 is 37.7. The Balaban J connectivity index is 1.26. The first-order valence-electron chi connectivity index (χ1n) is 11.5. The van der Waals surface area contributed by atoms with Gasteiger partial charge in [0.15, 0.2) is 0 Å².